The van der Waals surface area contributed by atoms with Crippen LogP contribution in [0, 0.1) is 11.3 Å². The van der Waals surface area contributed by atoms with Crippen LogP contribution in [-0.2, 0) is 16.0 Å². The van der Waals surface area contributed by atoms with Crippen LogP contribution in [0.3, 0.4) is 0 Å². The van der Waals surface area contributed by atoms with E-state index in [0.29, 0.717) is 0 Å². The fourth-order valence-corrected chi connectivity index (χ4v) is 2.42. The summed E-state index contributed by atoms with van der Waals surface area (Å²) in [6, 6.07) is 1.68. The van der Waals surface area contributed by atoms with Gasteiger partial charge in [0.15, 0.2) is 0 Å². The van der Waals surface area contributed by atoms with Crippen molar-refractivity contribution in [3.63, 3.8) is 0 Å². The van der Waals surface area contributed by atoms with Gasteiger partial charge in [0.25, 0.3) is 0 Å². The zero-order valence-corrected chi connectivity index (χ0v) is 10.4. The van der Waals surface area contributed by atoms with Crippen molar-refractivity contribution in [1.29, 1.82) is 0 Å². The molecule has 0 bridgehead atoms. The molecule has 2 rings (SSSR count). The molecule has 1 heterocycles. The smallest absolute Gasteiger partial charge is 0.331 e. The Hall–Kier alpha value is -2.30. The summed E-state index contributed by atoms with van der Waals surface area (Å²) in [5.74, 6) is -2.75. The second-order valence-electron chi connectivity index (χ2n) is 4.66. The van der Waals surface area contributed by atoms with Gasteiger partial charge in [-0.25, -0.2) is 4.79 Å². The van der Waals surface area contributed by atoms with E-state index >= 15 is 0 Å². The molecule has 1 aromatic heterocycles. The van der Waals surface area contributed by atoms with Gasteiger partial charge in [0.05, 0.1) is 17.9 Å². The van der Waals surface area contributed by atoms with Crippen molar-refractivity contribution in [2.24, 2.45) is 11.3 Å². The first kappa shape index (κ1) is 13.1. The topological polar surface area (TPSA) is 87.7 Å². The van der Waals surface area contributed by atoms with Crippen molar-refractivity contribution in [3.05, 3.63) is 48.0 Å². The molecule has 0 aromatic carbocycles. The number of carbonyl (C=O) groups is 2. The van der Waals surface area contributed by atoms with E-state index in [1.165, 1.54) is 24.7 Å². The molecule has 2 N–H and O–H groups in total. The van der Waals surface area contributed by atoms with Crippen molar-refractivity contribution in [3.8, 4) is 0 Å². The average Bonchev–Trinajstić information content (AvgIpc) is 2.84. The Bertz CT molecular complexity index is 552. The highest BCUT2D eigenvalue weighted by Gasteiger charge is 2.46. The number of allylic oxidation sites excluding steroid dienone is 2. The highest BCUT2D eigenvalue weighted by Crippen LogP contribution is 2.41. The molecule has 0 amide bonds. The second kappa shape index (κ2) is 4.76. The first-order valence-corrected chi connectivity index (χ1v) is 5.84. The van der Waals surface area contributed by atoms with Crippen LogP contribution in [0.15, 0.2) is 46.8 Å². The number of furan rings is 1. The van der Waals surface area contributed by atoms with Crippen LogP contribution < -0.4 is 0 Å². The number of rotatable bonds is 4. The minimum Gasteiger partial charge on any atom is -0.481 e. The Kier molecular flexibility index (Phi) is 3.29. The van der Waals surface area contributed by atoms with E-state index in [4.69, 9.17) is 9.52 Å². The molecule has 5 nitrogen and oxygen atoms in total. The average molecular weight is 262 g/mol. The van der Waals surface area contributed by atoms with E-state index in [1.54, 1.807) is 19.1 Å². The third-order valence-corrected chi connectivity index (χ3v) is 3.63. The predicted molar refractivity (Wildman–Crippen MR) is 66.5 cm³/mol. The minimum atomic E-state index is -1.26. The Balaban J connectivity index is 2.41. The molecule has 1 aromatic rings. The van der Waals surface area contributed by atoms with Crippen molar-refractivity contribution in [1.82, 2.24) is 0 Å². The van der Waals surface area contributed by atoms with Gasteiger partial charge in [-0.1, -0.05) is 25.2 Å². The molecule has 0 aliphatic heterocycles. The lowest BCUT2D eigenvalue weighted by Gasteiger charge is -2.34. The van der Waals surface area contributed by atoms with Crippen molar-refractivity contribution in [2.45, 2.75) is 13.3 Å². The quantitative estimate of drug-likeness (QED) is 0.867. The van der Waals surface area contributed by atoms with Crippen LogP contribution in [0.2, 0.25) is 0 Å². The summed E-state index contributed by atoms with van der Waals surface area (Å²) in [6.45, 7) is 1.62. The van der Waals surface area contributed by atoms with Gasteiger partial charge >= 0.3 is 11.9 Å². The van der Waals surface area contributed by atoms with Crippen molar-refractivity contribution in [2.75, 3.05) is 0 Å². The number of hydrogen-bond acceptors (Lipinski definition) is 3. The van der Waals surface area contributed by atoms with Gasteiger partial charge in [-0.15, -0.1) is 0 Å². The number of hydrogen-bond donors (Lipinski definition) is 2. The molecule has 2 unspecified atom stereocenters. The van der Waals surface area contributed by atoms with Crippen LogP contribution in [0.4, 0.5) is 0 Å². The third kappa shape index (κ3) is 2.19. The van der Waals surface area contributed by atoms with E-state index in [-0.39, 0.29) is 12.0 Å². The van der Waals surface area contributed by atoms with Crippen molar-refractivity contribution < 1.29 is 24.2 Å². The summed E-state index contributed by atoms with van der Waals surface area (Å²) in [5.41, 5.74) is -0.425. The summed E-state index contributed by atoms with van der Waals surface area (Å²) in [5, 5.41) is 18.7. The van der Waals surface area contributed by atoms with E-state index in [9.17, 15) is 14.7 Å². The maximum atomic E-state index is 11.7. The largest absolute Gasteiger partial charge is 0.481 e. The molecule has 0 spiro atoms. The zero-order valence-electron chi connectivity index (χ0n) is 10.4. The predicted octanol–water partition coefficient (Wildman–Crippen LogP) is 2.11. The Morgan fingerprint density at radius 3 is 2.68 bits per heavy atom. The Morgan fingerprint density at radius 2 is 2.16 bits per heavy atom. The van der Waals surface area contributed by atoms with E-state index < -0.39 is 23.3 Å². The second-order valence-corrected chi connectivity index (χ2v) is 4.66. The first-order valence-electron chi connectivity index (χ1n) is 5.84. The van der Waals surface area contributed by atoms with Crippen LogP contribution in [0.5, 0.6) is 0 Å². The van der Waals surface area contributed by atoms with Gasteiger partial charge in [0, 0.05) is 11.5 Å². The van der Waals surface area contributed by atoms with Crippen LogP contribution >= 0.6 is 0 Å². The summed E-state index contributed by atoms with van der Waals surface area (Å²) < 4.78 is 4.94. The molecule has 0 saturated heterocycles. The molecule has 5 heteroatoms. The van der Waals surface area contributed by atoms with Crippen LogP contribution in [-0.4, -0.2) is 22.2 Å². The number of carboxylic acid groups (broad SMARTS) is 2. The van der Waals surface area contributed by atoms with Crippen LogP contribution in [0.25, 0.3) is 0 Å². The highest BCUT2D eigenvalue weighted by atomic mass is 16.4. The molecule has 100 valence electrons. The molecule has 0 fully saturated rings. The minimum absolute atomic E-state index is 0.105. The highest BCUT2D eigenvalue weighted by molar-refractivity contribution is 5.91. The van der Waals surface area contributed by atoms with Crippen molar-refractivity contribution >= 4 is 11.9 Å². The number of aliphatic carboxylic acids is 2. The first-order chi connectivity index (χ1) is 8.97. The SMILES string of the molecule is CC1C(C(=O)O)=CC=CC1(Cc1ccoc1)C(=O)O. The standard InChI is InChI=1S/C14H14O5/c1-9-11(12(15)16)3-2-5-14(9,13(17)18)7-10-4-6-19-8-10/h2-6,8-9H,7H2,1H3,(H,15,16)(H,17,18). The molecule has 19 heavy (non-hydrogen) atoms. The van der Waals surface area contributed by atoms with E-state index in [0.717, 1.165) is 5.56 Å². The molecule has 1 aliphatic rings. The lowest BCUT2D eigenvalue weighted by molar-refractivity contribution is -0.148. The lowest BCUT2D eigenvalue weighted by atomic mass is 9.67. The normalized spacial score (nSPS) is 25.9. The summed E-state index contributed by atoms with van der Waals surface area (Å²) in [6.07, 6.45) is 7.64. The fourth-order valence-electron chi connectivity index (χ4n) is 2.42. The maximum Gasteiger partial charge on any atom is 0.331 e. The fraction of sp³-hybridized carbons (Fsp3) is 0.286. The Labute approximate surface area is 109 Å². The van der Waals surface area contributed by atoms with Gasteiger partial charge < -0.3 is 14.6 Å². The van der Waals surface area contributed by atoms with Crippen LogP contribution in [0.1, 0.15) is 12.5 Å². The summed E-state index contributed by atoms with van der Waals surface area (Å²) in [4.78, 5) is 22.8. The van der Waals surface area contributed by atoms with Gasteiger partial charge in [-0.2, -0.15) is 0 Å². The molecular formula is C14H14O5. The Morgan fingerprint density at radius 1 is 1.42 bits per heavy atom. The van der Waals surface area contributed by atoms with Gasteiger partial charge in [0.2, 0.25) is 0 Å². The van der Waals surface area contributed by atoms with Gasteiger partial charge in [0.1, 0.15) is 0 Å². The maximum absolute atomic E-state index is 11.7. The molecule has 2 atom stereocenters. The van der Waals surface area contributed by atoms with Gasteiger partial charge in [-0.05, 0) is 18.1 Å². The monoisotopic (exact) mass is 262 g/mol. The van der Waals surface area contributed by atoms with E-state index in [1.807, 2.05) is 0 Å². The summed E-state index contributed by atoms with van der Waals surface area (Å²) >= 11 is 0. The lowest BCUT2D eigenvalue weighted by Crippen LogP contribution is -2.41. The molecule has 0 radical (unpaired) electrons. The van der Waals surface area contributed by atoms with Gasteiger partial charge in [-0.3, -0.25) is 4.79 Å². The molecule has 1 aliphatic carbocycles. The zero-order chi connectivity index (χ0) is 14.0. The summed E-state index contributed by atoms with van der Waals surface area (Å²) in [7, 11) is 0. The third-order valence-electron chi connectivity index (χ3n) is 3.63. The molecule has 0 saturated carbocycles. The molecular weight excluding hydrogens is 248 g/mol. The van der Waals surface area contributed by atoms with E-state index in [2.05, 4.69) is 0 Å². The number of carboxylic acids is 2.